The van der Waals surface area contributed by atoms with Gasteiger partial charge in [-0.2, -0.15) is 5.26 Å². The predicted molar refractivity (Wildman–Crippen MR) is 117 cm³/mol. The number of ether oxygens (including phenoxy) is 2. The average Bonchev–Trinajstić information content (AvgIpc) is 2.82. The third-order valence-corrected chi connectivity index (χ3v) is 4.74. The number of rotatable bonds is 8. The Morgan fingerprint density at radius 2 is 1.77 bits per heavy atom. The van der Waals surface area contributed by atoms with E-state index in [9.17, 15) is 9.90 Å². The number of carbonyl (C=O) groups is 1. The number of phenols is 1. The fraction of sp³-hybridized carbons (Fsp3) is 0.167. The number of hydrogen-bond acceptors (Lipinski definition) is 6. The molecule has 0 bridgehead atoms. The Labute approximate surface area is 180 Å². The Morgan fingerprint density at radius 3 is 2.39 bits per heavy atom. The van der Waals surface area contributed by atoms with Crippen LogP contribution in [0.3, 0.4) is 0 Å². The van der Waals surface area contributed by atoms with Crippen molar-refractivity contribution in [3.8, 4) is 23.3 Å². The molecular formula is C24H23N3O4. The topological polar surface area (TPSA) is 104 Å². The van der Waals surface area contributed by atoms with Crippen LogP contribution in [0.2, 0.25) is 0 Å². The highest BCUT2D eigenvalue weighted by molar-refractivity contribution is 5.87. The molecule has 158 valence electrons. The maximum Gasteiger partial charge on any atom is 0.247 e. The summed E-state index contributed by atoms with van der Waals surface area (Å²) in [4.78, 5) is 13.2. The molecule has 0 saturated carbocycles. The quantitative estimate of drug-likeness (QED) is 0.516. The van der Waals surface area contributed by atoms with Gasteiger partial charge >= 0.3 is 0 Å². The molecular weight excluding hydrogens is 394 g/mol. The second kappa shape index (κ2) is 10.0. The van der Waals surface area contributed by atoms with Crippen LogP contribution >= 0.6 is 0 Å². The Kier molecular flexibility index (Phi) is 6.97. The average molecular weight is 417 g/mol. The van der Waals surface area contributed by atoms with Crippen LogP contribution in [0.15, 0.2) is 66.7 Å². The second-order valence-corrected chi connectivity index (χ2v) is 6.74. The van der Waals surface area contributed by atoms with Gasteiger partial charge in [-0.1, -0.05) is 30.3 Å². The molecule has 0 radical (unpaired) electrons. The molecule has 3 rings (SSSR count). The molecule has 0 aromatic heterocycles. The van der Waals surface area contributed by atoms with E-state index in [1.54, 1.807) is 36.4 Å². The third kappa shape index (κ3) is 5.25. The van der Waals surface area contributed by atoms with Gasteiger partial charge in [0.15, 0.2) is 11.5 Å². The van der Waals surface area contributed by atoms with Gasteiger partial charge in [0.2, 0.25) is 5.91 Å². The second-order valence-electron chi connectivity index (χ2n) is 6.74. The van der Waals surface area contributed by atoms with Crippen LogP contribution in [0, 0.1) is 11.3 Å². The summed E-state index contributed by atoms with van der Waals surface area (Å²) in [5.41, 5.74) is 2.35. The zero-order chi connectivity index (χ0) is 22.2. The SMILES string of the molecule is COc1cc(OC)c(O)c(C(Nc2ccc(C#N)cc2)C(=O)NCc2ccccc2)c1. The van der Waals surface area contributed by atoms with Gasteiger partial charge in [0, 0.05) is 23.9 Å². The molecule has 1 unspecified atom stereocenters. The van der Waals surface area contributed by atoms with Crippen LogP contribution in [0.5, 0.6) is 17.2 Å². The summed E-state index contributed by atoms with van der Waals surface area (Å²) in [5.74, 6) is 0.118. The van der Waals surface area contributed by atoms with E-state index in [1.165, 1.54) is 14.2 Å². The number of benzene rings is 3. The van der Waals surface area contributed by atoms with Gasteiger partial charge in [0.05, 0.1) is 25.9 Å². The first-order valence-electron chi connectivity index (χ1n) is 9.59. The van der Waals surface area contributed by atoms with Gasteiger partial charge < -0.3 is 25.2 Å². The van der Waals surface area contributed by atoms with Crippen molar-refractivity contribution in [1.82, 2.24) is 5.32 Å². The number of nitrogens with zero attached hydrogens (tertiary/aromatic N) is 1. The molecule has 0 heterocycles. The molecule has 7 heteroatoms. The van der Waals surface area contributed by atoms with Crippen LogP contribution in [0.25, 0.3) is 0 Å². The fourth-order valence-corrected chi connectivity index (χ4v) is 3.08. The molecule has 0 saturated heterocycles. The number of methoxy groups -OCH3 is 2. The van der Waals surface area contributed by atoms with Gasteiger partial charge in [-0.3, -0.25) is 4.79 Å². The lowest BCUT2D eigenvalue weighted by atomic mass is 10.0. The number of nitrogens with one attached hydrogen (secondary N) is 2. The summed E-state index contributed by atoms with van der Waals surface area (Å²) in [6.07, 6.45) is 0. The molecule has 0 spiro atoms. The first-order chi connectivity index (χ1) is 15.0. The van der Waals surface area contributed by atoms with Crippen molar-refractivity contribution in [1.29, 1.82) is 5.26 Å². The standard InChI is InChI=1S/C24H23N3O4/c1-30-19-12-20(23(28)21(13-19)31-2)22(27-18-10-8-16(14-25)9-11-18)24(29)26-15-17-6-4-3-5-7-17/h3-13,22,27-28H,15H2,1-2H3,(H,26,29). The van der Waals surface area contributed by atoms with Crippen molar-refractivity contribution in [2.75, 3.05) is 19.5 Å². The number of phenolic OH excluding ortho intramolecular Hbond substituents is 1. The maximum absolute atomic E-state index is 13.2. The Balaban J connectivity index is 1.95. The summed E-state index contributed by atoms with van der Waals surface area (Å²) in [5, 5.41) is 25.8. The molecule has 7 nitrogen and oxygen atoms in total. The van der Waals surface area contributed by atoms with E-state index in [1.807, 2.05) is 30.3 Å². The predicted octanol–water partition coefficient (Wildman–Crippen LogP) is 3.75. The van der Waals surface area contributed by atoms with Gasteiger partial charge in [-0.05, 0) is 35.9 Å². The molecule has 0 aliphatic heterocycles. The maximum atomic E-state index is 13.2. The van der Waals surface area contributed by atoms with E-state index in [0.717, 1.165) is 5.56 Å². The minimum atomic E-state index is -0.944. The summed E-state index contributed by atoms with van der Waals surface area (Å²) in [7, 11) is 2.92. The van der Waals surface area contributed by atoms with Crippen LogP contribution < -0.4 is 20.1 Å². The smallest absolute Gasteiger partial charge is 0.247 e. The van der Waals surface area contributed by atoms with Gasteiger partial charge in [0.1, 0.15) is 11.8 Å². The number of amides is 1. The molecule has 3 aromatic rings. The van der Waals surface area contributed by atoms with Crippen molar-refractivity contribution in [3.63, 3.8) is 0 Å². The van der Waals surface area contributed by atoms with E-state index < -0.39 is 6.04 Å². The summed E-state index contributed by atoms with van der Waals surface area (Å²) < 4.78 is 10.5. The van der Waals surface area contributed by atoms with E-state index in [-0.39, 0.29) is 17.4 Å². The molecule has 1 atom stereocenters. The zero-order valence-electron chi connectivity index (χ0n) is 17.3. The molecule has 3 N–H and O–H groups in total. The first kappa shape index (κ1) is 21.5. The number of aromatic hydroxyl groups is 1. The Hall–Kier alpha value is -4.18. The highest BCUT2D eigenvalue weighted by Crippen LogP contribution is 2.39. The Morgan fingerprint density at radius 1 is 1.06 bits per heavy atom. The monoisotopic (exact) mass is 417 g/mol. The van der Waals surface area contributed by atoms with Crippen molar-refractivity contribution in [3.05, 3.63) is 83.4 Å². The molecule has 3 aromatic carbocycles. The van der Waals surface area contributed by atoms with E-state index >= 15 is 0 Å². The highest BCUT2D eigenvalue weighted by atomic mass is 16.5. The molecule has 0 aliphatic carbocycles. The lowest BCUT2D eigenvalue weighted by molar-refractivity contribution is -0.122. The van der Waals surface area contributed by atoms with Crippen LogP contribution in [-0.4, -0.2) is 25.2 Å². The lowest BCUT2D eigenvalue weighted by Gasteiger charge is -2.22. The molecule has 1 amide bonds. The minimum Gasteiger partial charge on any atom is -0.504 e. The van der Waals surface area contributed by atoms with E-state index in [0.29, 0.717) is 29.1 Å². The minimum absolute atomic E-state index is 0.163. The fourth-order valence-electron chi connectivity index (χ4n) is 3.08. The number of hydrogen-bond donors (Lipinski definition) is 3. The van der Waals surface area contributed by atoms with Gasteiger partial charge in [0.25, 0.3) is 0 Å². The normalized spacial score (nSPS) is 11.1. The number of nitriles is 1. The number of carbonyl (C=O) groups excluding carboxylic acids is 1. The largest absolute Gasteiger partial charge is 0.504 e. The van der Waals surface area contributed by atoms with Crippen molar-refractivity contribution in [2.24, 2.45) is 0 Å². The first-order valence-corrected chi connectivity index (χ1v) is 9.59. The lowest BCUT2D eigenvalue weighted by Crippen LogP contribution is -2.33. The van der Waals surface area contributed by atoms with Crippen LogP contribution in [0.4, 0.5) is 5.69 Å². The summed E-state index contributed by atoms with van der Waals surface area (Å²) in [6, 6.07) is 20.5. The van der Waals surface area contributed by atoms with Gasteiger partial charge in [-0.25, -0.2) is 0 Å². The molecule has 0 aliphatic rings. The van der Waals surface area contributed by atoms with E-state index in [2.05, 4.69) is 16.7 Å². The van der Waals surface area contributed by atoms with Crippen LogP contribution in [-0.2, 0) is 11.3 Å². The van der Waals surface area contributed by atoms with Crippen LogP contribution in [0.1, 0.15) is 22.7 Å². The Bertz CT molecular complexity index is 1080. The number of anilines is 1. The highest BCUT2D eigenvalue weighted by Gasteiger charge is 2.26. The molecule has 0 fully saturated rings. The van der Waals surface area contributed by atoms with Crippen molar-refractivity contribution in [2.45, 2.75) is 12.6 Å². The van der Waals surface area contributed by atoms with Crippen molar-refractivity contribution >= 4 is 11.6 Å². The van der Waals surface area contributed by atoms with Crippen molar-refractivity contribution < 1.29 is 19.4 Å². The zero-order valence-corrected chi connectivity index (χ0v) is 17.3. The summed E-state index contributed by atoms with van der Waals surface area (Å²) >= 11 is 0. The third-order valence-electron chi connectivity index (χ3n) is 4.74. The summed E-state index contributed by atoms with van der Waals surface area (Å²) in [6.45, 7) is 0.326. The van der Waals surface area contributed by atoms with E-state index in [4.69, 9.17) is 14.7 Å². The molecule has 31 heavy (non-hydrogen) atoms. The van der Waals surface area contributed by atoms with Gasteiger partial charge in [-0.15, -0.1) is 0 Å².